The fourth-order valence-corrected chi connectivity index (χ4v) is 1.94. The molecule has 1 aliphatic carbocycles. The standard InChI is InChI=1S/C11H22FNO/c1-4-10(12)7-13(2)8-11(5-6-11)9-14-3/h10H,4-9H2,1-3H3/t10-/m1/s1. The van der Waals surface area contributed by atoms with Crippen molar-refractivity contribution in [2.45, 2.75) is 32.4 Å². The van der Waals surface area contributed by atoms with Crippen LogP contribution >= 0.6 is 0 Å². The first-order valence-electron chi connectivity index (χ1n) is 5.43. The van der Waals surface area contributed by atoms with Gasteiger partial charge in [-0.25, -0.2) is 4.39 Å². The molecule has 1 fully saturated rings. The molecule has 14 heavy (non-hydrogen) atoms. The number of nitrogens with zero attached hydrogens (tertiary/aromatic N) is 1. The zero-order chi connectivity index (χ0) is 10.6. The van der Waals surface area contributed by atoms with Crippen LogP contribution in [0.3, 0.4) is 0 Å². The third-order valence-electron chi connectivity index (χ3n) is 2.97. The molecule has 0 aromatic rings. The fourth-order valence-electron chi connectivity index (χ4n) is 1.94. The Morgan fingerprint density at radius 3 is 2.57 bits per heavy atom. The van der Waals surface area contributed by atoms with Crippen LogP contribution in [0.5, 0.6) is 0 Å². The molecule has 0 N–H and O–H groups in total. The first kappa shape index (κ1) is 11.9. The second-order valence-corrected chi connectivity index (χ2v) is 4.64. The summed E-state index contributed by atoms with van der Waals surface area (Å²) in [6, 6.07) is 0. The van der Waals surface area contributed by atoms with Gasteiger partial charge in [0, 0.05) is 25.6 Å². The van der Waals surface area contributed by atoms with E-state index in [0.29, 0.717) is 18.4 Å². The van der Waals surface area contributed by atoms with Crippen LogP contribution in [0.25, 0.3) is 0 Å². The second kappa shape index (κ2) is 5.08. The number of hydrogen-bond acceptors (Lipinski definition) is 2. The van der Waals surface area contributed by atoms with Crippen LogP contribution in [0.15, 0.2) is 0 Å². The third kappa shape index (κ3) is 3.54. The van der Waals surface area contributed by atoms with E-state index in [1.165, 1.54) is 12.8 Å². The number of halogens is 1. The Morgan fingerprint density at radius 1 is 1.50 bits per heavy atom. The van der Waals surface area contributed by atoms with Crippen molar-refractivity contribution in [3.63, 3.8) is 0 Å². The molecular weight excluding hydrogens is 181 g/mol. The minimum Gasteiger partial charge on any atom is -0.384 e. The molecular formula is C11H22FNO. The molecule has 0 amide bonds. The molecule has 84 valence electrons. The topological polar surface area (TPSA) is 12.5 Å². The molecule has 0 aromatic carbocycles. The van der Waals surface area contributed by atoms with Crippen molar-refractivity contribution < 1.29 is 9.13 Å². The van der Waals surface area contributed by atoms with Gasteiger partial charge in [0.25, 0.3) is 0 Å². The van der Waals surface area contributed by atoms with Gasteiger partial charge in [-0.15, -0.1) is 0 Å². The van der Waals surface area contributed by atoms with Gasteiger partial charge in [0.1, 0.15) is 6.17 Å². The van der Waals surface area contributed by atoms with E-state index in [1.807, 2.05) is 14.0 Å². The predicted molar refractivity (Wildman–Crippen MR) is 56.2 cm³/mol. The molecule has 0 bridgehead atoms. The fraction of sp³-hybridized carbons (Fsp3) is 1.00. The number of ether oxygens (including phenoxy) is 1. The number of methoxy groups -OCH3 is 1. The predicted octanol–water partition coefficient (Wildman–Crippen LogP) is 2.09. The van der Waals surface area contributed by atoms with E-state index in [4.69, 9.17) is 4.74 Å². The quantitative estimate of drug-likeness (QED) is 0.628. The highest BCUT2D eigenvalue weighted by molar-refractivity contribution is 4.95. The summed E-state index contributed by atoms with van der Waals surface area (Å²) in [6.45, 7) is 4.24. The van der Waals surface area contributed by atoms with Gasteiger partial charge in [0.2, 0.25) is 0 Å². The summed E-state index contributed by atoms with van der Waals surface area (Å²) in [7, 11) is 3.74. The minimum absolute atomic E-state index is 0.344. The number of hydrogen-bond donors (Lipinski definition) is 0. The highest BCUT2D eigenvalue weighted by Gasteiger charge is 2.43. The Morgan fingerprint density at radius 2 is 2.14 bits per heavy atom. The number of rotatable bonds is 7. The third-order valence-corrected chi connectivity index (χ3v) is 2.97. The lowest BCUT2D eigenvalue weighted by Crippen LogP contribution is -2.33. The lowest BCUT2D eigenvalue weighted by molar-refractivity contribution is 0.106. The van der Waals surface area contributed by atoms with Crippen LogP contribution in [0, 0.1) is 5.41 Å². The first-order valence-corrected chi connectivity index (χ1v) is 5.43. The maximum Gasteiger partial charge on any atom is 0.112 e. The summed E-state index contributed by atoms with van der Waals surface area (Å²) in [6.07, 6.45) is 2.39. The van der Waals surface area contributed by atoms with Crippen LogP contribution in [0.2, 0.25) is 0 Å². The van der Waals surface area contributed by atoms with Gasteiger partial charge in [-0.05, 0) is 26.3 Å². The van der Waals surface area contributed by atoms with Gasteiger partial charge in [-0.1, -0.05) is 6.92 Å². The van der Waals surface area contributed by atoms with E-state index in [-0.39, 0.29) is 0 Å². The maximum atomic E-state index is 13.1. The summed E-state index contributed by atoms with van der Waals surface area (Å²) in [5.74, 6) is 0. The van der Waals surface area contributed by atoms with E-state index in [0.717, 1.165) is 13.2 Å². The van der Waals surface area contributed by atoms with Gasteiger partial charge in [0.05, 0.1) is 6.61 Å². The lowest BCUT2D eigenvalue weighted by Gasteiger charge is -2.24. The van der Waals surface area contributed by atoms with E-state index in [9.17, 15) is 4.39 Å². The largest absolute Gasteiger partial charge is 0.384 e. The molecule has 0 heterocycles. The monoisotopic (exact) mass is 203 g/mol. The highest BCUT2D eigenvalue weighted by atomic mass is 19.1. The molecule has 0 radical (unpaired) electrons. The van der Waals surface area contributed by atoms with Crippen LogP contribution in [-0.2, 0) is 4.74 Å². The molecule has 3 heteroatoms. The summed E-state index contributed by atoms with van der Waals surface area (Å²) in [5, 5.41) is 0. The Bertz CT molecular complexity index is 171. The molecule has 0 saturated heterocycles. The van der Waals surface area contributed by atoms with Crippen LogP contribution in [0.4, 0.5) is 4.39 Å². The van der Waals surface area contributed by atoms with Crippen molar-refractivity contribution >= 4 is 0 Å². The van der Waals surface area contributed by atoms with Gasteiger partial charge in [-0.3, -0.25) is 0 Å². The van der Waals surface area contributed by atoms with Gasteiger partial charge < -0.3 is 9.64 Å². The smallest absolute Gasteiger partial charge is 0.112 e. The van der Waals surface area contributed by atoms with E-state index < -0.39 is 6.17 Å². The SMILES string of the molecule is CC[C@@H](F)CN(C)CC1(COC)CC1. The second-order valence-electron chi connectivity index (χ2n) is 4.64. The average molecular weight is 203 g/mol. The van der Waals surface area contributed by atoms with Crippen molar-refractivity contribution in [1.82, 2.24) is 4.90 Å². The molecule has 1 saturated carbocycles. The molecule has 1 aliphatic rings. The van der Waals surface area contributed by atoms with Crippen molar-refractivity contribution in [2.75, 3.05) is 33.9 Å². The first-order chi connectivity index (χ1) is 6.62. The van der Waals surface area contributed by atoms with E-state index >= 15 is 0 Å². The van der Waals surface area contributed by atoms with Crippen molar-refractivity contribution in [3.8, 4) is 0 Å². The van der Waals surface area contributed by atoms with E-state index in [1.54, 1.807) is 7.11 Å². The molecule has 0 aliphatic heterocycles. The van der Waals surface area contributed by atoms with Gasteiger partial charge in [0.15, 0.2) is 0 Å². The molecule has 1 atom stereocenters. The van der Waals surface area contributed by atoms with Crippen LogP contribution in [-0.4, -0.2) is 44.9 Å². The van der Waals surface area contributed by atoms with Crippen molar-refractivity contribution in [2.24, 2.45) is 5.41 Å². The Hall–Kier alpha value is -0.150. The zero-order valence-electron chi connectivity index (χ0n) is 9.55. The lowest BCUT2D eigenvalue weighted by atomic mass is 10.1. The summed E-state index contributed by atoms with van der Waals surface area (Å²) in [4.78, 5) is 2.10. The number of alkyl halides is 1. The minimum atomic E-state index is -0.682. The molecule has 2 nitrogen and oxygen atoms in total. The molecule has 1 rings (SSSR count). The summed E-state index contributed by atoms with van der Waals surface area (Å²) in [5.41, 5.74) is 0.344. The zero-order valence-corrected chi connectivity index (χ0v) is 9.55. The van der Waals surface area contributed by atoms with Crippen molar-refractivity contribution in [1.29, 1.82) is 0 Å². The Balaban J connectivity index is 2.22. The highest BCUT2D eigenvalue weighted by Crippen LogP contribution is 2.46. The molecule has 0 spiro atoms. The summed E-state index contributed by atoms with van der Waals surface area (Å²) >= 11 is 0. The molecule has 0 aromatic heterocycles. The molecule has 0 unspecified atom stereocenters. The van der Waals surface area contributed by atoms with Crippen LogP contribution < -0.4 is 0 Å². The van der Waals surface area contributed by atoms with Crippen LogP contribution in [0.1, 0.15) is 26.2 Å². The maximum absolute atomic E-state index is 13.1. The Labute approximate surface area is 86.4 Å². The Kier molecular flexibility index (Phi) is 4.32. The van der Waals surface area contributed by atoms with Gasteiger partial charge >= 0.3 is 0 Å². The van der Waals surface area contributed by atoms with E-state index in [2.05, 4.69) is 4.90 Å². The summed E-state index contributed by atoms with van der Waals surface area (Å²) < 4.78 is 18.3. The normalized spacial score (nSPS) is 21.2. The average Bonchev–Trinajstić information content (AvgIpc) is 2.85. The van der Waals surface area contributed by atoms with Gasteiger partial charge in [-0.2, -0.15) is 0 Å². The van der Waals surface area contributed by atoms with Crippen molar-refractivity contribution in [3.05, 3.63) is 0 Å².